The molecule has 0 bridgehead atoms. The Morgan fingerprint density at radius 3 is 2.17 bits per heavy atom. The Hall–Kier alpha value is -2.32. The molecule has 0 aliphatic carbocycles. The van der Waals surface area contributed by atoms with Gasteiger partial charge in [0.1, 0.15) is 5.75 Å². The maximum absolute atomic E-state index is 12.1. The van der Waals surface area contributed by atoms with Crippen LogP contribution in [-0.2, 0) is 0 Å². The molecule has 0 aliphatic heterocycles. The van der Waals surface area contributed by atoms with E-state index in [4.69, 9.17) is 5.73 Å². The van der Waals surface area contributed by atoms with E-state index in [0.29, 0.717) is 16.7 Å². The summed E-state index contributed by atoms with van der Waals surface area (Å²) in [4.78, 5) is 10.4. The SMILES string of the molecule is Cc1ccc([C@H](N)c2ccc(OC(F)(F)F)cc2)cc1[N+](=O)[O-].Cl. The highest BCUT2D eigenvalue weighted by atomic mass is 35.5. The molecule has 0 unspecified atom stereocenters. The van der Waals surface area contributed by atoms with E-state index in [-0.39, 0.29) is 23.8 Å². The van der Waals surface area contributed by atoms with Crippen LogP contribution in [-0.4, -0.2) is 11.3 Å². The number of rotatable bonds is 4. The molecule has 2 N–H and O–H groups in total. The third-order valence-corrected chi connectivity index (χ3v) is 3.26. The molecule has 0 aliphatic rings. The fourth-order valence-corrected chi connectivity index (χ4v) is 2.09. The highest BCUT2D eigenvalue weighted by Gasteiger charge is 2.31. The fraction of sp³-hybridized carbons (Fsp3) is 0.200. The van der Waals surface area contributed by atoms with Gasteiger partial charge in [0.2, 0.25) is 0 Å². The van der Waals surface area contributed by atoms with Crippen molar-refractivity contribution in [2.75, 3.05) is 0 Å². The lowest BCUT2D eigenvalue weighted by atomic mass is 9.98. The van der Waals surface area contributed by atoms with Gasteiger partial charge in [-0.3, -0.25) is 10.1 Å². The van der Waals surface area contributed by atoms with Crippen LogP contribution in [0.3, 0.4) is 0 Å². The van der Waals surface area contributed by atoms with E-state index in [9.17, 15) is 23.3 Å². The summed E-state index contributed by atoms with van der Waals surface area (Å²) in [6.45, 7) is 1.61. The third-order valence-electron chi connectivity index (χ3n) is 3.26. The van der Waals surface area contributed by atoms with Crippen molar-refractivity contribution >= 4 is 18.1 Å². The van der Waals surface area contributed by atoms with Gasteiger partial charge >= 0.3 is 6.36 Å². The molecule has 0 aromatic heterocycles. The predicted molar refractivity (Wildman–Crippen MR) is 84.2 cm³/mol. The summed E-state index contributed by atoms with van der Waals surface area (Å²) in [7, 11) is 0. The lowest BCUT2D eigenvalue weighted by molar-refractivity contribution is -0.385. The Morgan fingerprint density at radius 2 is 1.67 bits per heavy atom. The van der Waals surface area contributed by atoms with Gasteiger partial charge < -0.3 is 10.5 Å². The Morgan fingerprint density at radius 1 is 1.12 bits per heavy atom. The maximum atomic E-state index is 12.1. The van der Waals surface area contributed by atoms with Crippen LogP contribution in [0.5, 0.6) is 5.75 Å². The molecule has 5 nitrogen and oxygen atoms in total. The van der Waals surface area contributed by atoms with Gasteiger partial charge in [0, 0.05) is 11.6 Å². The van der Waals surface area contributed by atoms with Crippen molar-refractivity contribution in [2.45, 2.75) is 19.3 Å². The number of nitrogens with zero attached hydrogens (tertiary/aromatic N) is 1. The molecule has 0 amide bonds. The molecule has 0 saturated carbocycles. The average Bonchev–Trinajstić information content (AvgIpc) is 2.46. The van der Waals surface area contributed by atoms with Crippen LogP contribution in [0.4, 0.5) is 18.9 Å². The van der Waals surface area contributed by atoms with Crippen molar-refractivity contribution in [1.29, 1.82) is 0 Å². The molecule has 0 saturated heterocycles. The lowest BCUT2D eigenvalue weighted by Crippen LogP contribution is -2.17. The molecule has 24 heavy (non-hydrogen) atoms. The first-order chi connectivity index (χ1) is 10.7. The number of aryl methyl sites for hydroxylation is 1. The average molecular weight is 363 g/mol. The summed E-state index contributed by atoms with van der Waals surface area (Å²) in [6.07, 6.45) is -4.76. The van der Waals surface area contributed by atoms with Crippen molar-refractivity contribution in [3.8, 4) is 5.75 Å². The quantitative estimate of drug-likeness (QED) is 0.650. The molecule has 9 heteroatoms. The molecule has 2 aromatic carbocycles. The van der Waals surface area contributed by atoms with Gasteiger partial charge in [-0.05, 0) is 30.2 Å². The first kappa shape index (κ1) is 19.7. The van der Waals surface area contributed by atoms with Crippen molar-refractivity contribution in [2.24, 2.45) is 5.73 Å². The van der Waals surface area contributed by atoms with Gasteiger partial charge in [0.05, 0.1) is 11.0 Å². The van der Waals surface area contributed by atoms with Crippen molar-refractivity contribution < 1.29 is 22.8 Å². The Labute approximate surface area is 141 Å². The number of nitro groups is 1. The summed E-state index contributed by atoms with van der Waals surface area (Å²) in [6, 6.07) is 8.95. The molecule has 0 heterocycles. The second kappa shape index (κ2) is 7.50. The summed E-state index contributed by atoms with van der Waals surface area (Å²) in [5.74, 6) is -0.358. The van der Waals surface area contributed by atoms with Gasteiger partial charge in [-0.2, -0.15) is 0 Å². The Kier molecular flexibility index (Phi) is 6.16. The normalized spacial score (nSPS) is 12.2. The van der Waals surface area contributed by atoms with E-state index in [1.807, 2.05) is 0 Å². The summed E-state index contributed by atoms with van der Waals surface area (Å²) in [5.41, 5.74) is 7.47. The first-order valence-electron chi connectivity index (χ1n) is 6.53. The minimum atomic E-state index is -4.76. The van der Waals surface area contributed by atoms with Gasteiger partial charge in [-0.1, -0.05) is 24.3 Å². The highest BCUT2D eigenvalue weighted by Crippen LogP contribution is 2.28. The number of halogens is 4. The molecule has 130 valence electrons. The van der Waals surface area contributed by atoms with Crippen LogP contribution in [0.25, 0.3) is 0 Å². The molecule has 2 rings (SSSR count). The molecule has 2 aromatic rings. The van der Waals surface area contributed by atoms with E-state index in [2.05, 4.69) is 4.74 Å². The molecule has 0 radical (unpaired) electrons. The number of nitro benzene ring substituents is 1. The predicted octanol–water partition coefficient (Wildman–Crippen LogP) is 4.27. The maximum Gasteiger partial charge on any atom is 0.573 e. The van der Waals surface area contributed by atoms with Gasteiger partial charge in [-0.25, -0.2) is 0 Å². The van der Waals surface area contributed by atoms with Crippen molar-refractivity contribution in [1.82, 2.24) is 0 Å². The molecular weight excluding hydrogens is 349 g/mol. The van der Waals surface area contributed by atoms with E-state index in [1.54, 1.807) is 19.1 Å². The first-order valence-corrected chi connectivity index (χ1v) is 6.53. The molecule has 0 spiro atoms. The number of nitrogens with two attached hydrogens (primary N) is 1. The second-order valence-corrected chi connectivity index (χ2v) is 4.90. The van der Waals surface area contributed by atoms with E-state index < -0.39 is 17.3 Å². The number of benzene rings is 2. The largest absolute Gasteiger partial charge is 0.573 e. The molecule has 0 fully saturated rings. The second-order valence-electron chi connectivity index (χ2n) is 4.90. The number of ether oxygens (including phenoxy) is 1. The van der Waals surface area contributed by atoms with Crippen LogP contribution in [0, 0.1) is 17.0 Å². The van der Waals surface area contributed by atoms with Crippen molar-refractivity contribution in [3.05, 3.63) is 69.3 Å². The number of alkyl halides is 3. The van der Waals surface area contributed by atoms with E-state index in [0.717, 1.165) is 12.1 Å². The van der Waals surface area contributed by atoms with Crippen LogP contribution in [0.2, 0.25) is 0 Å². The zero-order chi connectivity index (χ0) is 17.2. The van der Waals surface area contributed by atoms with Crippen LogP contribution in [0.1, 0.15) is 22.7 Å². The minimum Gasteiger partial charge on any atom is -0.406 e. The minimum absolute atomic E-state index is 0. The summed E-state index contributed by atoms with van der Waals surface area (Å²) in [5, 5.41) is 11.0. The zero-order valence-corrected chi connectivity index (χ0v) is 13.2. The number of hydrogen-bond donors (Lipinski definition) is 1. The monoisotopic (exact) mass is 362 g/mol. The summed E-state index contributed by atoms with van der Waals surface area (Å²) < 4.78 is 40.1. The van der Waals surface area contributed by atoms with Gasteiger partial charge in [-0.15, -0.1) is 25.6 Å². The Balaban J connectivity index is 0.00000288. The highest BCUT2D eigenvalue weighted by molar-refractivity contribution is 5.85. The van der Waals surface area contributed by atoms with Crippen molar-refractivity contribution in [3.63, 3.8) is 0 Å². The van der Waals surface area contributed by atoms with Crippen LogP contribution >= 0.6 is 12.4 Å². The summed E-state index contributed by atoms with van der Waals surface area (Å²) >= 11 is 0. The number of hydrogen-bond acceptors (Lipinski definition) is 4. The smallest absolute Gasteiger partial charge is 0.406 e. The van der Waals surface area contributed by atoms with Gasteiger partial charge in [0.25, 0.3) is 5.69 Å². The standard InChI is InChI=1S/C15H13F3N2O3.ClH/c1-9-2-3-11(8-13(9)20(21)22)14(19)10-4-6-12(7-5-10)23-15(16,17)18;/h2-8,14H,19H2,1H3;1H/t14-;/m1./s1. The third kappa shape index (κ3) is 4.84. The van der Waals surface area contributed by atoms with E-state index in [1.165, 1.54) is 18.2 Å². The van der Waals surface area contributed by atoms with Gasteiger partial charge in [0.15, 0.2) is 0 Å². The zero-order valence-electron chi connectivity index (χ0n) is 12.4. The van der Waals surface area contributed by atoms with E-state index >= 15 is 0 Å². The molecular formula is C15H14ClF3N2O3. The lowest BCUT2D eigenvalue weighted by Gasteiger charge is -2.14. The Bertz CT molecular complexity index is 721. The topological polar surface area (TPSA) is 78.4 Å². The van der Waals surface area contributed by atoms with Crippen LogP contribution in [0.15, 0.2) is 42.5 Å². The molecule has 1 atom stereocenters. The van der Waals surface area contributed by atoms with Crippen LogP contribution < -0.4 is 10.5 Å². The fourth-order valence-electron chi connectivity index (χ4n) is 2.09.